The Labute approximate surface area is 169 Å². The molecule has 1 amide bonds. The SMILES string of the molecule is CCN(CC)CCNC(=O)c1cc(S(=O)(=O)Nc2ccc(F)cc2)ccc1Cl. The predicted molar refractivity (Wildman–Crippen MR) is 109 cm³/mol. The molecule has 0 atom stereocenters. The molecule has 9 heteroatoms. The first-order chi connectivity index (χ1) is 13.3. The van der Waals surface area contributed by atoms with Crippen molar-refractivity contribution in [3.8, 4) is 0 Å². The van der Waals surface area contributed by atoms with E-state index in [1.165, 1.54) is 30.3 Å². The predicted octanol–water partition coefficient (Wildman–Crippen LogP) is 3.35. The number of nitrogens with one attached hydrogen (secondary N) is 2. The Morgan fingerprint density at radius 3 is 2.36 bits per heavy atom. The van der Waals surface area contributed by atoms with Crippen LogP contribution in [0.2, 0.25) is 5.02 Å². The van der Waals surface area contributed by atoms with E-state index in [0.29, 0.717) is 13.1 Å². The van der Waals surface area contributed by atoms with Crippen LogP contribution in [0.5, 0.6) is 0 Å². The minimum absolute atomic E-state index is 0.0724. The Kier molecular flexibility index (Phi) is 7.79. The summed E-state index contributed by atoms with van der Waals surface area (Å²) in [5.41, 5.74) is 0.282. The Morgan fingerprint density at radius 2 is 1.75 bits per heavy atom. The first-order valence-electron chi connectivity index (χ1n) is 8.85. The number of nitrogens with zero attached hydrogens (tertiary/aromatic N) is 1. The molecule has 2 aromatic carbocycles. The first-order valence-corrected chi connectivity index (χ1v) is 10.7. The van der Waals surface area contributed by atoms with E-state index in [9.17, 15) is 17.6 Å². The molecule has 0 aliphatic rings. The normalized spacial score (nSPS) is 11.5. The zero-order valence-electron chi connectivity index (χ0n) is 15.7. The topological polar surface area (TPSA) is 78.5 Å². The summed E-state index contributed by atoms with van der Waals surface area (Å²) in [5, 5.41) is 2.91. The number of carbonyl (C=O) groups is 1. The van der Waals surface area contributed by atoms with E-state index in [1.807, 2.05) is 13.8 Å². The maximum Gasteiger partial charge on any atom is 0.261 e. The van der Waals surface area contributed by atoms with Crippen molar-refractivity contribution in [2.45, 2.75) is 18.7 Å². The number of hydrogen-bond acceptors (Lipinski definition) is 4. The van der Waals surface area contributed by atoms with Crippen LogP contribution in [0, 0.1) is 5.82 Å². The second kappa shape index (κ2) is 9.86. The van der Waals surface area contributed by atoms with Crippen LogP contribution in [0.25, 0.3) is 0 Å². The Balaban J connectivity index is 2.14. The van der Waals surface area contributed by atoms with Gasteiger partial charge >= 0.3 is 0 Å². The molecule has 6 nitrogen and oxygen atoms in total. The van der Waals surface area contributed by atoms with Gasteiger partial charge in [-0.25, -0.2) is 12.8 Å². The molecule has 0 aromatic heterocycles. The number of amides is 1. The molecule has 28 heavy (non-hydrogen) atoms. The molecule has 0 fully saturated rings. The lowest BCUT2D eigenvalue weighted by molar-refractivity contribution is 0.0949. The quantitative estimate of drug-likeness (QED) is 0.643. The van der Waals surface area contributed by atoms with Crippen LogP contribution in [0.4, 0.5) is 10.1 Å². The third kappa shape index (κ3) is 5.92. The summed E-state index contributed by atoms with van der Waals surface area (Å²) < 4.78 is 40.5. The van der Waals surface area contributed by atoms with Crippen molar-refractivity contribution in [1.82, 2.24) is 10.2 Å². The largest absolute Gasteiger partial charge is 0.351 e. The van der Waals surface area contributed by atoms with E-state index in [2.05, 4.69) is 14.9 Å². The van der Waals surface area contributed by atoms with Gasteiger partial charge in [0.05, 0.1) is 15.5 Å². The average molecular weight is 428 g/mol. The van der Waals surface area contributed by atoms with Crippen LogP contribution in [0.3, 0.4) is 0 Å². The molecule has 2 N–H and O–H groups in total. The van der Waals surface area contributed by atoms with Crippen molar-refractivity contribution in [3.05, 3.63) is 58.9 Å². The van der Waals surface area contributed by atoms with Crippen molar-refractivity contribution in [1.29, 1.82) is 0 Å². The molecular weight excluding hydrogens is 405 g/mol. The Bertz CT molecular complexity index is 917. The third-order valence-corrected chi connectivity index (χ3v) is 5.91. The number of likely N-dealkylation sites (N-methyl/N-ethyl adjacent to an activating group) is 1. The van der Waals surface area contributed by atoms with Crippen molar-refractivity contribution in [2.24, 2.45) is 0 Å². The second-order valence-corrected chi connectivity index (χ2v) is 8.13. The standard InChI is InChI=1S/C19H23ClFN3O3S/c1-3-24(4-2)12-11-22-19(25)17-13-16(9-10-18(17)20)28(26,27)23-15-7-5-14(21)6-8-15/h5-10,13,23H,3-4,11-12H2,1-2H3,(H,22,25). The van der Waals surface area contributed by atoms with E-state index in [4.69, 9.17) is 11.6 Å². The summed E-state index contributed by atoms with van der Waals surface area (Å²) in [5.74, 6) is -0.922. The highest BCUT2D eigenvalue weighted by atomic mass is 35.5. The lowest BCUT2D eigenvalue weighted by Crippen LogP contribution is -2.35. The monoisotopic (exact) mass is 427 g/mol. The fraction of sp³-hybridized carbons (Fsp3) is 0.316. The Hall–Kier alpha value is -2.16. The van der Waals surface area contributed by atoms with Crippen molar-refractivity contribution in [3.63, 3.8) is 0 Å². The van der Waals surface area contributed by atoms with Gasteiger partial charge in [-0.2, -0.15) is 0 Å². The fourth-order valence-corrected chi connectivity index (χ4v) is 3.83. The minimum Gasteiger partial charge on any atom is -0.351 e. The summed E-state index contributed by atoms with van der Waals surface area (Å²) in [6.45, 7) is 6.91. The summed E-state index contributed by atoms with van der Waals surface area (Å²) in [6.07, 6.45) is 0. The van der Waals surface area contributed by atoms with Gasteiger partial charge in [0.1, 0.15) is 5.82 Å². The fourth-order valence-electron chi connectivity index (χ4n) is 2.54. The molecule has 0 saturated carbocycles. The molecule has 0 unspecified atom stereocenters. The van der Waals surface area contributed by atoms with Gasteiger partial charge in [-0.3, -0.25) is 9.52 Å². The number of benzene rings is 2. The average Bonchev–Trinajstić information content (AvgIpc) is 2.67. The summed E-state index contributed by atoms with van der Waals surface area (Å²) in [7, 11) is -3.96. The van der Waals surface area contributed by atoms with Crippen LogP contribution in [-0.2, 0) is 10.0 Å². The van der Waals surface area contributed by atoms with Crippen LogP contribution in [0.1, 0.15) is 24.2 Å². The number of anilines is 1. The van der Waals surface area contributed by atoms with Gasteiger partial charge in [0.15, 0.2) is 0 Å². The smallest absolute Gasteiger partial charge is 0.261 e. The lowest BCUT2D eigenvalue weighted by atomic mass is 10.2. The third-order valence-electron chi connectivity index (χ3n) is 4.20. The maximum atomic E-state index is 13.0. The van der Waals surface area contributed by atoms with E-state index in [-0.39, 0.29) is 21.2 Å². The first kappa shape index (κ1) is 22.1. The van der Waals surface area contributed by atoms with Crippen LogP contribution in [-0.4, -0.2) is 45.4 Å². The molecule has 2 rings (SSSR count). The van der Waals surface area contributed by atoms with E-state index in [0.717, 1.165) is 25.2 Å². The number of carbonyl (C=O) groups excluding carboxylic acids is 1. The molecule has 0 aliphatic heterocycles. The van der Waals surface area contributed by atoms with Gasteiger partial charge in [0, 0.05) is 18.8 Å². The summed E-state index contributed by atoms with van der Waals surface area (Å²) in [4.78, 5) is 14.5. The molecule has 0 heterocycles. The van der Waals surface area contributed by atoms with Gasteiger partial charge in [0.2, 0.25) is 0 Å². The van der Waals surface area contributed by atoms with Crippen molar-refractivity contribution in [2.75, 3.05) is 30.9 Å². The van der Waals surface area contributed by atoms with Crippen LogP contribution in [0.15, 0.2) is 47.4 Å². The lowest BCUT2D eigenvalue weighted by Gasteiger charge is -2.18. The molecular formula is C19H23ClFN3O3S. The molecule has 0 saturated heterocycles. The number of halogens is 2. The highest BCUT2D eigenvalue weighted by Gasteiger charge is 2.19. The van der Waals surface area contributed by atoms with Gasteiger partial charge in [-0.05, 0) is 55.6 Å². The van der Waals surface area contributed by atoms with E-state index >= 15 is 0 Å². The number of rotatable bonds is 9. The zero-order chi connectivity index (χ0) is 20.7. The molecule has 0 spiro atoms. The zero-order valence-corrected chi connectivity index (χ0v) is 17.3. The van der Waals surface area contributed by atoms with Gasteiger partial charge < -0.3 is 10.2 Å². The highest BCUT2D eigenvalue weighted by molar-refractivity contribution is 7.92. The summed E-state index contributed by atoms with van der Waals surface area (Å²) in [6, 6.07) is 8.80. The van der Waals surface area contributed by atoms with E-state index in [1.54, 1.807) is 0 Å². The number of hydrogen-bond donors (Lipinski definition) is 2. The minimum atomic E-state index is -3.96. The summed E-state index contributed by atoms with van der Waals surface area (Å²) >= 11 is 6.09. The highest BCUT2D eigenvalue weighted by Crippen LogP contribution is 2.22. The van der Waals surface area contributed by atoms with Gasteiger partial charge in [-0.15, -0.1) is 0 Å². The van der Waals surface area contributed by atoms with Crippen LogP contribution < -0.4 is 10.0 Å². The molecule has 2 aromatic rings. The Morgan fingerprint density at radius 1 is 1.11 bits per heavy atom. The van der Waals surface area contributed by atoms with Gasteiger partial charge in [0.25, 0.3) is 15.9 Å². The molecule has 0 bridgehead atoms. The second-order valence-electron chi connectivity index (χ2n) is 6.04. The van der Waals surface area contributed by atoms with Crippen LogP contribution >= 0.6 is 11.6 Å². The van der Waals surface area contributed by atoms with E-state index < -0.39 is 21.7 Å². The van der Waals surface area contributed by atoms with Crippen molar-refractivity contribution < 1.29 is 17.6 Å². The molecule has 0 radical (unpaired) electrons. The molecule has 0 aliphatic carbocycles. The molecule has 152 valence electrons. The van der Waals surface area contributed by atoms with Crippen molar-refractivity contribution >= 4 is 33.2 Å². The van der Waals surface area contributed by atoms with Gasteiger partial charge in [-0.1, -0.05) is 25.4 Å². The number of sulfonamides is 1. The maximum absolute atomic E-state index is 13.0.